The first-order valence-electron chi connectivity index (χ1n) is 6.37. The van der Waals surface area contributed by atoms with Gasteiger partial charge in [-0.2, -0.15) is 4.98 Å². The summed E-state index contributed by atoms with van der Waals surface area (Å²) in [5.41, 5.74) is 0.595. The van der Waals surface area contributed by atoms with Crippen LogP contribution in [0.25, 0.3) is 22.2 Å². The molecule has 3 aromatic rings. The van der Waals surface area contributed by atoms with Gasteiger partial charge in [0.15, 0.2) is 5.82 Å². The van der Waals surface area contributed by atoms with E-state index >= 15 is 0 Å². The smallest absolute Gasteiger partial charge is 0.261 e. The summed E-state index contributed by atoms with van der Waals surface area (Å²) in [7, 11) is 0. The standard InChI is InChI=1S/C15H12N2O2/c18-13-11-4-2-1-3-9(11)7-8-12(13)15-16-14(17-19-15)10-5-6-10/h1-4,7-8,10,18H,5-6H2. The molecule has 4 nitrogen and oxygen atoms in total. The van der Waals surface area contributed by atoms with Crippen molar-refractivity contribution < 1.29 is 9.63 Å². The molecule has 19 heavy (non-hydrogen) atoms. The molecular formula is C15H12N2O2. The molecule has 4 heteroatoms. The number of phenolic OH excluding ortho intramolecular Hbond substituents is 1. The zero-order valence-electron chi connectivity index (χ0n) is 10.2. The Morgan fingerprint density at radius 2 is 1.95 bits per heavy atom. The molecule has 0 unspecified atom stereocenters. The number of rotatable bonds is 2. The number of aromatic hydroxyl groups is 1. The Morgan fingerprint density at radius 1 is 1.11 bits per heavy atom. The third kappa shape index (κ3) is 1.68. The largest absolute Gasteiger partial charge is 0.506 e. The van der Waals surface area contributed by atoms with Crippen molar-refractivity contribution >= 4 is 10.8 Å². The maximum atomic E-state index is 10.3. The van der Waals surface area contributed by atoms with E-state index in [0.29, 0.717) is 17.4 Å². The Hall–Kier alpha value is -2.36. The van der Waals surface area contributed by atoms with Crippen LogP contribution >= 0.6 is 0 Å². The van der Waals surface area contributed by atoms with E-state index in [0.717, 1.165) is 29.4 Å². The summed E-state index contributed by atoms with van der Waals surface area (Å²) in [5, 5.41) is 16.1. The fourth-order valence-corrected chi connectivity index (χ4v) is 2.28. The molecule has 1 N–H and O–H groups in total. The lowest BCUT2D eigenvalue weighted by Gasteiger charge is -2.04. The van der Waals surface area contributed by atoms with Crippen molar-refractivity contribution in [3.63, 3.8) is 0 Å². The number of fused-ring (bicyclic) bond motifs is 1. The summed E-state index contributed by atoms with van der Waals surface area (Å²) < 4.78 is 5.26. The lowest BCUT2D eigenvalue weighted by atomic mass is 10.1. The molecular weight excluding hydrogens is 240 g/mol. The van der Waals surface area contributed by atoms with Crippen molar-refractivity contribution in [1.29, 1.82) is 0 Å². The molecule has 0 atom stereocenters. The predicted molar refractivity (Wildman–Crippen MR) is 70.9 cm³/mol. The van der Waals surface area contributed by atoms with Crippen molar-refractivity contribution in [3.05, 3.63) is 42.2 Å². The highest BCUT2D eigenvalue weighted by Gasteiger charge is 2.29. The molecule has 94 valence electrons. The van der Waals surface area contributed by atoms with Crippen LogP contribution < -0.4 is 0 Å². The highest BCUT2D eigenvalue weighted by molar-refractivity contribution is 5.93. The molecule has 0 spiro atoms. The second kappa shape index (κ2) is 3.82. The van der Waals surface area contributed by atoms with Crippen LogP contribution in [0.1, 0.15) is 24.6 Å². The maximum absolute atomic E-state index is 10.3. The predicted octanol–water partition coefficient (Wildman–Crippen LogP) is 3.47. The lowest BCUT2D eigenvalue weighted by molar-refractivity contribution is 0.418. The fourth-order valence-electron chi connectivity index (χ4n) is 2.28. The molecule has 1 aromatic heterocycles. The van der Waals surface area contributed by atoms with Crippen molar-refractivity contribution in [2.24, 2.45) is 0 Å². The van der Waals surface area contributed by atoms with E-state index in [9.17, 15) is 5.11 Å². The van der Waals surface area contributed by atoms with Gasteiger partial charge in [-0.15, -0.1) is 0 Å². The Kier molecular flexibility index (Phi) is 2.12. The molecule has 0 bridgehead atoms. The Labute approximate surface area is 109 Å². The summed E-state index contributed by atoms with van der Waals surface area (Å²) in [5.74, 6) is 1.79. The summed E-state index contributed by atoms with van der Waals surface area (Å²) in [6, 6.07) is 11.5. The van der Waals surface area contributed by atoms with Gasteiger partial charge >= 0.3 is 0 Å². The molecule has 0 saturated heterocycles. The number of nitrogens with zero attached hydrogens (tertiary/aromatic N) is 2. The topological polar surface area (TPSA) is 59.2 Å². The molecule has 1 aliphatic rings. The van der Waals surface area contributed by atoms with Crippen LogP contribution in [0, 0.1) is 0 Å². The minimum atomic E-state index is 0.198. The number of hydrogen-bond acceptors (Lipinski definition) is 4. The second-order valence-corrected chi connectivity index (χ2v) is 4.91. The molecule has 1 heterocycles. The van der Waals surface area contributed by atoms with Crippen LogP contribution in [0.5, 0.6) is 5.75 Å². The quantitative estimate of drug-likeness (QED) is 0.758. The van der Waals surface area contributed by atoms with Crippen LogP contribution in [0.2, 0.25) is 0 Å². The van der Waals surface area contributed by atoms with Crippen LogP contribution in [0.4, 0.5) is 0 Å². The van der Waals surface area contributed by atoms with Gasteiger partial charge in [-0.25, -0.2) is 0 Å². The summed E-state index contributed by atoms with van der Waals surface area (Å²) in [4.78, 5) is 4.37. The van der Waals surface area contributed by atoms with Gasteiger partial charge in [0.25, 0.3) is 5.89 Å². The van der Waals surface area contributed by atoms with E-state index in [4.69, 9.17) is 4.52 Å². The molecule has 1 fully saturated rings. The van der Waals surface area contributed by atoms with Crippen molar-refractivity contribution in [3.8, 4) is 17.2 Å². The first-order chi connectivity index (χ1) is 9.33. The summed E-state index contributed by atoms with van der Waals surface area (Å²) in [6.45, 7) is 0. The first kappa shape index (κ1) is 10.6. The highest BCUT2D eigenvalue weighted by Crippen LogP contribution is 2.40. The zero-order valence-corrected chi connectivity index (χ0v) is 10.2. The van der Waals surface area contributed by atoms with Gasteiger partial charge in [0, 0.05) is 11.3 Å². The third-order valence-corrected chi connectivity index (χ3v) is 3.52. The first-order valence-corrected chi connectivity index (χ1v) is 6.37. The average molecular weight is 252 g/mol. The lowest BCUT2D eigenvalue weighted by Crippen LogP contribution is -1.84. The number of phenols is 1. The maximum Gasteiger partial charge on any atom is 0.261 e. The van der Waals surface area contributed by atoms with Gasteiger partial charge in [0.2, 0.25) is 0 Å². The Balaban J connectivity index is 1.87. The van der Waals surface area contributed by atoms with Gasteiger partial charge in [0.1, 0.15) is 5.75 Å². The number of hydrogen-bond donors (Lipinski definition) is 1. The van der Waals surface area contributed by atoms with E-state index in [2.05, 4.69) is 10.1 Å². The van der Waals surface area contributed by atoms with E-state index in [1.807, 2.05) is 36.4 Å². The SMILES string of the molecule is Oc1c(-c2nc(C3CC3)no2)ccc2ccccc12. The summed E-state index contributed by atoms with van der Waals surface area (Å²) in [6.07, 6.45) is 2.26. The number of aromatic nitrogens is 2. The van der Waals surface area contributed by atoms with E-state index in [-0.39, 0.29) is 5.75 Å². The number of benzene rings is 2. The van der Waals surface area contributed by atoms with Crippen LogP contribution in [0.15, 0.2) is 40.9 Å². The summed E-state index contributed by atoms with van der Waals surface area (Å²) >= 11 is 0. The second-order valence-electron chi connectivity index (χ2n) is 4.91. The van der Waals surface area contributed by atoms with Crippen LogP contribution in [-0.2, 0) is 0 Å². The molecule has 0 radical (unpaired) electrons. The van der Waals surface area contributed by atoms with E-state index in [1.54, 1.807) is 0 Å². The Morgan fingerprint density at radius 3 is 2.79 bits per heavy atom. The molecule has 4 rings (SSSR count). The zero-order chi connectivity index (χ0) is 12.8. The van der Waals surface area contributed by atoms with Gasteiger partial charge in [-0.1, -0.05) is 35.5 Å². The average Bonchev–Trinajstić information content (AvgIpc) is 3.18. The minimum absolute atomic E-state index is 0.198. The monoisotopic (exact) mass is 252 g/mol. The van der Waals surface area contributed by atoms with Crippen LogP contribution in [-0.4, -0.2) is 15.2 Å². The normalized spacial score (nSPS) is 14.9. The minimum Gasteiger partial charge on any atom is -0.506 e. The van der Waals surface area contributed by atoms with Gasteiger partial charge in [0.05, 0.1) is 5.56 Å². The molecule has 0 aliphatic heterocycles. The van der Waals surface area contributed by atoms with Gasteiger partial charge in [-0.3, -0.25) is 0 Å². The molecule has 1 saturated carbocycles. The third-order valence-electron chi connectivity index (χ3n) is 3.52. The highest BCUT2D eigenvalue weighted by atomic mass is 16.5. The molecule has 1 aliphatic carbocycles. The van der Waals surface area contributed by atoms with Crippen molar-refractivity contribution in [2.75, 3.05) is 0 Å². The fraction of sp³-hybridized carbons (Fsp3) is 0.200. The molecule has 0 amide bonds. The molecule has 2 aromatic carbocycles. The van der Waals surface area contributed by atoms with Crippen molar-refractivity contribution in [1.82, 2.24) is 10.1 Å². The van der Waals surface area contributed by atoms with E-state index in [1.165, 1.54) is 0 Å². The van der Waals surface area contributed by atoms with Crippen LogP contribution in [0.3, 0.4) is 0 Å². The van der Waals surface area contributed by atoms with E-state index < -0.39 is 0 Å². The van der Waals surface area contributed by atoms with Crippen molar-refractivity contribution in [2.45, 2.75) is 18.8 Å². The van der Waals surface area contributed by atoms with Gasteiger partial charge < -0.3 is 9.63 Å². The Bertz CT molecular complexity index is 760. The van der Waals surface area contributed by atoms with Gasteiger partial charge in [-0.05, 0) is 24.3 Å².